The van der Waals surface area contributed by atoms with Gasteiger partial charge in [-0.1, -0.05) is 23.3 Å². The van der Waals surface area contributed by atoms with Crippen molar-refractivity contribution in [1.29, 1.82) is 0 Å². The number of hydrogen-bond acceptors (Lipinski definition) is 2. The van der Waals surface area contributed by atoms with E-state index in [-0.39, 0.29) is 11.8 Å². The lowest BCUT2D eigenvalue weighted by atomic mass is 9.90. The Morgan fingerprint density at radius 3 is 2.38 bits per heavy atom. The molecule has 0 saturated heterocycles. The van der Waals surface area contributed by atoms with Crippen molar-refractivity contribution in [3.63, 3.8) is 0 Å². The number of allylic oxidation sites excluding steroid dienone is 3. The number of carbonyl (C=O) groups excluding carboxylic acids is 2. The number of rotatable bonds is 2. The summed E-state index contributed by atoms with van der Waals surface area (Å²) < 4.78 is 0. The molecule has 3 nitrogen and oxygen atoms in total. The zero-order valence-corrected chi connectivity index (χ0v) is 10.5. The van der Waals surface area contributed by atoms with Gasteiger partial charge in [0.15, 0.2) is 0 Å². The van der Waals surface area contributed by atoms with Crippen molar-refractivity contribution >= 4 is 12.2 Å². The van der Waals surface area contributed by atoms with Crippen LogP contribution in [0.3, 0.4) is 0 Å². The van der Waals surface area contributed by atoms with Crippen LogP contribution in [-0.2, 0) is 9.59 Å². The SMILES string of the molecule is CC=O.CNC(=O)C(C)C1=CC=C(C)CC1. The summed E-state index contributed by atoms with van der Waals surface area (Å²) in [5.74, 6) is 0.133. The number of aldehydes is 1. The molecule has 0 aliphatic heterocycles. The molecule has 1 atom stereocenters. The fourth-order valence-electron chi connectivity index (χ4n) is 1.50. The van der Waals surface area contributed by atoms with E-state index in [2.05, 4.69) is 24.4 Å². The summed E-state index contributed by atoms with van der Waals surface area (Å²) in [7, 11) is 1.68. The average Bonchev–Trinajstić information content (AvgIpc) is 2.29. The maximum Gasteiger partial charge on any atom is 0.226 e. The quantitative estimate of drug-likeness (QED) is 0.730. The third kappa shape index (κ3) is 4.91. The number of nitrogens with one attached hydrogen (secondary N) is 1. The molecule has 16 heavy (non-hydrogen) atoms. The highest BCUT2D eigenvalue weighted by Gasteiger charge is 2.17. The van der Waals surface area contributed by atoms with Gasteiger partial charge >= 0.3 is 0 Å². The molecule has 0 fully saturated rings. The summed E-state index contributed by atoms with van der Waals surface area (Å²) >= 11 is 0. The Hall–Kier alpha value is -1.38. The summed E-state index contributed by atoms with van der Waals surface area (Å²) in [4.78, 5) is 20.1. The molecule has 1 amide bonds. The molecule has 0 bridgehead atoms. The molecule has 1 N–H and O–H groups in total. The smallest absolute Gasteiger partial charge is 0.226 e. The van der Waals surface area contributed by atoms with Gasteiger partial charge in [0.05, 0.1) is 5.92 Å². The van der Waals surface area contributed by atoms with Crippen LogP contribution in [0.2, 0.25) is 0 Å². The first-order chi connectivity index (χ1) is 7.56. The minimum absolute atomic E-state index is 0.0225. The van der Waals surface area contributed by atoms with Gasteiger partial charge in [0.25, 0.3) is 0 Å². The molecule has 1 aliphatic rings. The maximum absolute atomic E-state index is 11.3. The van der Waals surface area contributed by atoms with Gasteiger partial charge in [-0.2, -0.15) is 0 Å². The highest BCUT2D eigenvalue weighted by Crippen LogP contribution is 2.23. The largest absolute Gasteiger partial charge is 0.359 e. The predicted octanol–water partition coefficient (Wildman–Crippen LogP) is 2.24. The molecule has 1 rings (SSSR count). The lowest BCUT2D eigenvalue weighted by Crippen LogP contribution is -2.26. The monoisotopic (exact) mass is 223 g/mol. The number of carbonyl (C=O) groups is 2. The van der Waals surface area contributed by atoms with Gasteiger partial charge in [0.1, 0.15) is 6.29 Å². The van der Waals surface area contributed by atoms with E-state index in [4.69, 9.17) is 4.79 Å². The first kappa shape index (κ1) is 14.6. The second-order valence-corrected chi connectivity index (χ2v) is 3.83. The fraction of sp³-hybridized carbons (Fsp3) is 0.538. The van der Waals surface area contributed by atoms with E-state index >= 15 is 0 Å². The van der Waals surface area contributed by atoms with Crippen LogP contribution < -0.4 is 5.32 Å². The summed E-state index contributed by atoms with van der Waals surface area (Å²) in [6.45, 7) is 5.52. The van der Waals surface area contributed by atoms with Gasteiger partial charge < -0.3 is 10.1 Å². The highest BCUT2D eigenvalue weighted by atomic mass is 16.1. The Morgan fingerprint density at radius 2 is 2.00 bits per heavy atom. The van der Waals surface area contributed by atoms with Crippen molar-refractivity contribution in [3.8, 4) is 0 Å². The number of hydrogen-bond donors (Lipinski definition) is 1. The lowest BCUT2D eigenvalue weighted by Gasteiger charge is -2.17. The summed E-state index contributed by atoms with van der Waals surface area (Å²) in [5.41, 5.74) is 2.64. The van der Waals surface area contributed by atoms with E-state index in [0.29, 0.717) is 0 Å². The predicted molar refractivity (Wildman–Crippen MR) is 66.0 cm³/mol. The van der Waals surface area contributed by atoms with Gasteiger partial charge in [-0.25, -0.2) is 0 Å². The topological polar surface area (TPSA) is 46.2 Å². The molecule has 0 spiro atoms. The van der Waals surface area contributed by atoms with Crippen LogP contribution in [-0.4, -0.2) is 19.2 Å². The van der Waals surface area contributed by atoms with Gasteiger partial charge in [-0.15, -0.1) is 0 Å². The van der Waals surface area contributed by atoms with Crippen LogP contribution in [0.25, 0.3) is 0 Å². The Bertz CT molecular complexity index is 303. The Labute approximate surface area is 97.6 Å². The van der Waals surface area contributed by atoms with E-state index < -0.39 is 0 Å². The van der Waals surface area contributed by atoms with Crippen molar-refractivity contribution in [2.45, 2.75) is 33.6 Å². The highest BCUT2D eigenvalue weighted by molar-refractivity contribution is 5.80. The molecule has 0 aromatic heterocycles. The van der Waals surface area contributed by atoms with Crippen LogP contribution in [0.5, 0.6) is 0 Å². The third-order valence-electron chi connectivity index (χ3n) is 2.59. The van der Waals surface area contributed by atoms with Gasteiger partial charge in [0.2, 0.25) is 5.91 Å². The van der Waals surface area contributed by atoms with Crippen LogP contribution in [0.4, 0.5) is 0 Å². The van der Waals surface area contributed by atoms with Crippen LogP contribution >= 0.6 is 0 Å². The average molecular weight is 223 g/mol. The summed E-state index contributed by atoms with van der Waals surface area (Å²) in [6.07, 6.45) is 7.06. The molecule has 1 aliphatic carbocycles. The second kappa shape index (κ2) is 7.85. The minimum atomic E-state index is 0.0225. The molecule has 0 saturated carbocycles. The van der Waals surface area contributed by atoms with Gasteiger partial charge in [0, 0.05) is 7.05 Å². The first-order valence-corrected chi connectivity index (χ1v) is 5.54. The molecule has 1 unspecified atom stereocenters. The fourth-order valence-corrected chi connectivity index (χ4v) is 1.50. The van der Waals surface area contributed by atoms with Crippen LogP contribution in [0.1, 0.15) is 33.6 Å². The molecule has 0 radical (unpaired) electrons. The molecule has 90 valence electrons. The van der Waals surface area contributed by atoms with Crippen molar-refractivity contribution in [2.24, 2.45) is 5.92 Å². The van der Waals surface area contributed by atoms with Crippen LogP contribution in [0.15, 0.2) is 23.3 Å². The normalized spacial score (nSPS) is 16.0. The maximum atomic E-state index is 11.3. The van der Waals surface area contributed by atoms with E-state index in [1.165, 1.54) is 18.1 Å². The zero-order chi connectivity index (χ0) is 12.6. The Kier molecular flexibility index (Phi) is 7.18. The molecule has 0 aromatic rings. The van der Waals surface area contributed by atoms with Crippen molar-refractivity contribution in [1.82, 2.24) is 5.32 Å². The second-order valence-electron chi connectivity index (χ2n) is 3.83. The van der Waals surface area contributed by atoms with Crippen molar-refractivity contribution in [3.05, 3.63) is 23.3 Å². The van der Waals surface area contributed by atoms with E-state index in [9.17, 15) is 4.79 Å². The zero-order valence-electron chi connectivity index (χ0n) is 10.5. The molecular formula is C13H21NO2. The van der Waals surface area contributed by atoms with Gasteiger partial charge in [-0.05, 0) is 33.6 Å². The molecule has 0 aromatic carbocycles. The lowest BCUT2D eigenvalue weighted by molar-refractivity contribution is -0.123. The molecule has 0 heterocycles. The van der Waals surface area contributed by atoms with Crippen molar-refractivity contribution in [2.75, 3.05) is 7.05 Å². The first-order valence-electron chi connectivity index (χ1n) is 5.54. The van der Waals surface area contributed by atoms with E-state index in [1.807, 2.05) is 6.92 Å². The van der Waals surface area contributed by atoms with E-state index in [1.54, 1.807) is 7.05 Å². The van der Waals surface area contributed by atoms with Gasteiger partial charge in [-0.3, -0.25) is 4.79 Å². The summed E-state index contributed by atoms with van der Waals surface area (Å²) in [5, 5.41) is 2.67. The Morgan fingerprint density at radius 1 is 1.44 bits per heavy atom. The van der Waals surface area contributed by atoms with Crippen LogP contribution in [0, 0.1) is 5.92 Å². The standard InChI is InChI=1S/C11H17NO.C2H4O/c1-8-4-6-10(7-5-8)9(2)11(13)12-3;1-2-3/h4,6,9H,5,7H2,1-3H3,(H,12,13);2H,1H3. The third-order valence-corrected chi connectivity index (χ3v) is 2.59. The minimum Gasteiger partial charge on any atom is -0.359 e. The Balaban J connectivity index is 0.000000673. The van der Waals surface area contributed by atoms with E-state index in [0.717, 1.165) is 19.1 Å². The number of amides is 1. The summed E-state index contributed by atoms with van der Waals surface area (Å²) in [6, 6.07) is 0. The van der Waals surface area contributed by atoms with Crippen molar-refractivity contribution < 1.29 is 9.59 Å². The molecule has 3 heteroatoms. The molecular weight excluding hydrogens is 202 g/mol.